The molecule has 2 rings (SSSR count). The minimum atomic E-state index is -4.09. The lowest BCUT2D eigenvalue weighted by atomic mass is 9.57. The number of hydrogen-bond donors (Lipinski definition) is 1. The van der Waals surface area contributed by atoms with E-state index in [1.807, 2.05) is 0 Å². The van der Waals surface area contributed by atoms with Crippen LogP contribution in [0.15, 0.2) is 49.2 Å². The van der Waals surface area contributed by atoms with Crippen molar-refractivity contribution in [2.75, 3.05) is 0 Å². The topological polar surface area (TPSA) is 12.0 Å². The molecular formula is C27H39BF3N. The van der Waals surface area contributed by atoms with Crippen LogP contribution >= 0.6 is 0 Å². The summed E-state index contributed by atoms with van der Waals surface area (Å²) in [5.74, 6) is 0.226. The van der Waals surface area contributed by atoms with Crippen LogP contribution < -0.4 is 5.32 Å². The lowest BCUT2D eigenvalue weighted by Gasteiger charge is -2.29. The van der Waals surface area contributed by atoms with E-state index in [2.05, 4.69) is 64.0 Å². The molecule has 1 aliphatic heterocycles. The maximum Gasteiger partial charge on any atom is 0.389 e. The van der Waals surface area contributed by atoms with Crippen LogP contribution in [0.5, 0.6) is 0 Å². The molecule has 1 aliphatic rings. The third-order valence-electron chi connectivity index (χ3n) is 7.01. The van der Waals surface area contributed by atoms with Crippen molar-refractivity contribution in [1.82, 2.24) is 5.32 Å². The number of fused-ring (bicyclic) bond motifs is 1. The van der Waals surface area contributed by atoms with Gasteiger partial charge in [-0.1, -0.05) is 64.3 Å². The van der Waals surface area contributed by atoms with E-state index in [4.69, 9.17) is 0 Å². The number of alkyl halides is 3. The zero-order chi connectivity index (χ0) is 23.9. The van der Waals surface area contributed by atoms with Gasteiger partial charge in [-0.2, -0.15) is 13.2 Å². The fourth-order valence-corrected chi connectivity index (χ4v) is 4.36. The molecule has 1 heterocycles. The van der Waals surface area contributed by atoms with Gasteiger partial charge in [0.1, 0.15) is 0 Å². The fourth-order valence-electron chi connectivity index (χ4n) is 4.36. The summed E-state index contributed by atoms with van der Waals surface area (Å²) in [5, 5.41) is 3.37. The molecule has 176 valence electrons. The summed E-state index contributed by atoms with van der Waals surface area (Å²) in [7, 11) is 0.955. The molecule has 0 aromatic heterocycles. The van der Waals surface area contributed by atoms with Crippen molar-refractivity contribution in [3.05, 3.63) is 65.9 Å². The molecule has 0 bridgehead atoms. The lowest BCUT2D eigenvalue weighted by molar-refractivity contribution is -0.135. The van der Waals surface area contributed by atoms with E-state index in [0.29, 0.717) is 12.1 Å². The molecule has 1 N–H and O–H groups in total. The van der Waals surface area contributed by atoms with Gasteiger partial charge in [0.25, 0.3) is 0 Å². The molecule has 0 spiro atoms. The molecule has 32 heavy (non-hydrogen) atoms. The van der Waals surface area contributed by atoms with Gasteiger partial charge in [-0.15, -0.1) is 0 Å². The van der Waals surface area contributed by atoms with Crippen LogP contribution in [-0.2, 0) is 12.7 Å². The van der Waals surface area contributed by atoms with Crippen LogP contribution in [-0.4, -0.2) is 19.4 Å². The molecule has 0 radical (unpaired) electrons. The minimum Gasteiger partial charge on any atom is -0.393 e. The van der Waals surface area contributed by atoms with E-state index < -0.39 is 12.6 Å². The van der Waals surface area contributed by atoms with Crippen molar-refractivity contribution < 1.29 is 13.2 Å². The monoisotopic (exact) mass is 445 g/mol. The van der Waals surface area contributed by atoms with Crippen LogP contribution in [0, 0.1) is 5.41 Å². The Morgan fingerprint density at radius 2 is 1.81 bits per heavy atom. The number of hydrogen-bond acceptors (Lipinski definition) is 1. The highest BCUT2D eigenvalue weighted by molar-refractivity contribution is 6.38. The van der Waals surface area contributed by atoms with Crippen LogP contribution in [0.25, 0.3) is 5.57 Å². The summed E-state index contributed by atoms with van der Waals surface area (Å²) in [4.78, 5) is 0. The standard InChI is InChI=1S/C27H39BF3N/c1-7-26(5,6)20(3)12-8-11-19(2)23-15-9-14-22-17-25(28-18-24(22)23)32-21(4)13-10-16-27(29,30)31/h9,14-15,25,28,32H,2-4,7-8,10-13,16-18H2,1,5-6H3. The van der Waals surface area contributed by atoms with Gasteiger partial charge in [0.15, 0.2) is 7.28 Å². The zero-order valence-corrected chi connectivity index (χ0v) is 20.1. The summed E-state index contributed by atoms with van der Waals surface area (Å²) in [5.41, 5.74) is 7.35. The van der Waals surface area contributed by atoms with Crippen LogP contribution in [0.2, 0.25) is 0 Å². The Labute approximate surface area is 193 Å². The van der Waals surface area contributed by atoms with Crippen molar-refractivity contribution >= 4 is 12.9 Å². The predicted octanol–water partition coefficient (Wildman–Crippen LogP) is 7.52. The highest BCUT2D eigenvalue weighted by Crippen LogP contribution is 2.34. The fraction of sp³-hybridized carbons (Fsp3) is 0.556. The molecule has 1 nitrogen and oxygen atoms in total. The van der Waals surface area contributed by atoms with Gasteiger partial charge in [-0.05, 0) is 78.9 Å². The van der Waals surface area contributed by atoms with E-state index in [9.17, 15) is 13.2 Å². The Morgan fingerprint density at radius 1 is 1.09 bits per heavy atom. The number of allylic oxidation sites excluding steroid dienone is 3. The molecule has 1 aromatic rings. The summed E-state index contributed by atoms with van der Waals surface area (Å²) >= 11 is 0. The maximum absolute atomic E-state index is 12.4. The van der Waals surface area contributed by atoms with Crippen molar-refractivity contribution in [3.8, 4) is 0 Å². The molecule has 0 saturated heterocycles. The van der Waals surface area contributed by atoms with Crippen LogP contribution in [0.4, 0.5) is 13.2 Å². The van der Waals surface area contributed by atoms with Crippen molar-refractivity contribution in [2.45, 2.75) is 90.6 Å². The summed E-state index contributed by atoms with van der Waals surface area (Å²) in [6, 6.07) is 6.44. The van der Waals surface area contributed by atoms with Gasteiger partial charge in [0.2, 0.25) is 0 Å². The van der Waals surface area contributed by atoms with Crippen LogP contribution in [0.1, 0.15) is 82.4 Å². The third kappa shape index (κ3) is 7.90. The molecule has 0 aliphatic carbocycles. The van der Waals surface area contributed by atoms with Crippen molar-refractivity contribution in [1.29, 1.82) is 0 Å². The Hall–Kier alpha value is -1.91. The average Bonchev–Trinajstić information content (AvgIpc) is 2.71. The first kappa shape index (κ1) is 26.3. The first-order valence-corrected chi connectivity index (χ1v) is 11.9. The predicted molar refractivity (Wildman–Crippen MR) is 133 cm³/mol. The summed E-state index contributed by atoms with van der Waals surface area (Å²) in [6.45, 7) is 19.3. The number of halogens is 3. The molecule has 1 aromatic carbocycles. The summed E-state index contributed by atoms with van der Waals surface area (Å²) in [6.07, 6.45) is 1.58. The Morgan fingerprint density at radius 3 is 2.47 bits per heavy atom. The number of rotatable bonds is 12. The normalized spacial score (nSPS) is 16.1. The van der Waals surface area contributed by atoms with Gasteiger partial charge < -0.3 is 5.32 Å². The van der Waals surface area contributed by atoms with E-state index in [1.54, 1.807) is 0 Å². The highest BCUT2D eigenvalue weighted by Gasteiger charge is 2.27. The van der Waals surface area contributed by atoms with Gasteiger partial charge in [-0.3, -0.25) is 0 Å². The first-order valence-electron chi connectivity index (χ1n) is 11.9. The second-order valence-corrected chi connectivity index (χ2v) is 9.90. The smallest absolute Gasteiger partial charge is 0.389 e. The van der Waals surface area contributed by atoms with Gasteiger partial charge >= 0.3 is 6.18 Å². The Balaban J connectivity index is 1.89. The molecular weight excluding hydrogens is 406 g/mol. The SMILES string of the molecule is C=C(CCCC(F)(F)F)NC1BCc2c(cccc2C(=C)CCCC(=C)C(C)(C)CC)C1. The third-order valence-corrected chi connectivity index (χ3v) is 7.01. The highest BCUT2D eigenvalue weighted by atomic mass is 19.4. The van der Waals surface area contributed by atoms with E-state index in [1.165, 1.54) is 27.8 Å². The van der Waals surface area contributed by atoms with Crippen molar-refractivity contribution in [2.24, 2.45) is 5.41 Å². The molecule has 5 heteroatoms. The molecule has 0 amide bonds. The maximum atomic E-state index is 12.4. The number of benzene rings is 1. The number of nitrogens with one attached hydrogen (secondary N) is 1. The average molecular weight is 445 g/mol. The Kier molecular flexibility index (Phi) is 9.30. The first-order chi connectivity index (χ1) is 14.9. The van der Waals surface area contributed by atoms with E-state index in [0.717, 1.165) is 45.7 Å². The second kappa shape index (κ2) is 11.3. The zero-order valence-electron chi connectivity index (χ0n) is 20.1. The quantitative estimate of drug-likeness (QED) is 0.259. The van der Waals surface area contributed by atoms with Gasteiger partial charge in [0.05, 0.1) is 0 Å². The van der Waals surface area contributed by atoms with Crippen LogP contribution in [0.3, 0.4) is 0 Å². The second-order valence-electron chi connectivity index (χ2n) is 9.90. The van der Waals surface area contributed by atoms with E-state index in [-0.39, 0.29) is 17.8 Å². The molecule has 1 unspecified atom stereocenters. The summed E-state index contributed by atoms with van der Waals surface area (Å²) < 4.78 is 37.1. The van der Waals surface area contributed by atoms with Gasteiger partial charge in [0, 0.05) is 18.1 Å². The van der Waals surface area contributed by atoms with Gasteiger partial charge in [-0.25, -0.2) is 0 Å². The molecule has 0 saturated carbocycles. The molecule has 0 fully saturated rings. The largest absolute Gasteiger partial charge is 0.393 e. The lowest BCUT2D eigenvalue weighted by Crippen LogP contribution is -2.40. The Bertz CT molecular complexity index is 823. The minimum absolute atomic E-state index is 0.0878. The van der Waals surface area contributed by atoms with E-state index >= 15 is 0 Å². The van der Waals surface area contributed by atoms with Crippen molar-refractivity contribution in [3.63, 3.8) is 0 Å². The molecule has 1 atom stereocenters.